The van der Waals surface area contributed by atoms with Crippen molar-refractivity contribution in [1.29, 1.82) is 0 Å². The predicted molar refractivity (Wildman–Crippen MR) is 86.8 cm³/mol. The average molecular weight is 297 g/mol. The number of hydrogen-bond acceptors (Lipinski definition) is 4. The first-order valence-electron chi connectivity index (χ1n) is 6.71. The molecule has 1 aromatic heterocycles. The predicted octanol–water partition coefficient (Wildman–Crippen LogP) is 3.05. The van der Waals surface area contributed by atoms with Crippen LogP contribution < -0.4 is 11.1 Å². The van der Waals surface area contributed by atoms with E-state index in [0.717, 1.165) is 21.5 Å². The Morgan fingerprint density at radius 3 is 2.86 bits per heavy atom. The van der Waals surface area contributed by atoms with Crippen molar-refractivity contribution in [3.63, 3.8) is 0 Å². The number of nitrogens with two attached hydrogens (primary N) is 1. The van der Waals surface area contributed by atoms with Crippen LogP contribution >= 0.6 is 11.3 Å². The summed E-state index contributed by atoms with van der Waals surface area (Å²) in [6, 6.07) is 13.8. The van der Waals surface area contributed by atoms with Gasteiger partial charge in [-0.1, -0.05) is 36.4 Å². The second kappa shape index (κ2) is 6.03. The van der Waals surface area contributed by atoms with Crippen LogP contribution in [0.5, 0.6) is 0 Å². The van der Waals surface area contributed by atoms with Gasteiger partial charge in [-0.15, -0.1) is 11.3 Å². The fraction of sp³-hybridized carbons (Fsp3) is 0.125. The minimum Gasteiger partial charge on any atom is -0.330 e. The van der Waals surface area contributed by atoms with E-state index in [2.05, 4.69) is 10.3 Å². The van der Waals surface area contributed by atoms with Gasteiger partial charge in [0.05, 0.1) is 5.01 Å². The zero-order valence-electron chi connectivity index (χ0n) is 11.4. The summed E-state index contributed by atoms with van der Waals surface area (Å²) < 4.78 is 0. The molecule has 106 valence electrons. The van der Waals surface area contributed by atoms with E-state index in [1.165, 1.54) is 11.3 Å². The molecule has 0 spiro atoms. The third-order valence-corrected chi connectivity index (χ3v) is 4.09. The Bertz CT molecular complexity index is 777. The summed E-state index contributed by atoms with van der Waals surface area (Å²) in [4.78, 5) is 16.6. The van der Waals surface area contributed by atoms with Crippen molar-refractivity contribution in [3.8, 4) is 0 Å². The second-order valence-corrected chi connectivity index (χ2v) is 5.59. The molecule has 3 N–H and O–H groups in total. The molecule has 0 unspecified atom stereocenters. The summed E-state index contributed by atoms with van der Waals surface area (Å²) in [5, 5.41) is 7.70. The van der Waals surface area contributed by atoms with Gasteiger partial charge in [0.1, 0.15) is 5.69 Å². The lowest BCUT2D eigenvalue weighted by Crippen LogP contribution is -2.13. The topological polar surface area (TPSA) is 68.0 Å². The molecule has 21 heavy (non-hydrogen) atoms. The molecule has 2 aromatic carbocycles. The third kappa shape index (κ3) is 2.94. The van der Waals surface area contributed by atoms with E-state index < -0.39 is 0 Å². The van der Waals surface area contributed by atoms with Crippen LogP contribution in [0.3, 0.4) is 0 Å². The van der Waals surface area contributed by atoms with E-state index in [1.807, 2.05) is 42.5 Å². The number of carbonyl (C=O) groups excluding carboxylic acids is 1. The lowest BCUT2D eigenvalue weighted by atomic mass is 10.1. The van der Waals surface area contributed by atoms with E-state index in [-0.39, 0.29) is 5.91 Å². The van der Waals surface area contributed by atoms with Gasteiger partial charge in [-0.05, 0) is 18.0 Å². The van der Waals surface area contributed by atoms with E-state index in [0.29, 0.717) is 18.7 Å². The fourth-order valence-electron chi connectivity index (χ4n) is 2.17. The number of aromatic nitrogens is 1. The smallest absolute Gasteiger partial charge is 0.275 e. The standard InChI is InChI=1S/C16H15N3OS/c17-9-8-15-18-14(10-21-15)16(20)19-13-7-3-5-11-4-1-2-6-12(11)13/h1-7,10H,8-9,17H2,(H,19,20). The molecule has 0 aliphatic carbocycles. The van der Waals surface area contributed by atoms with Gasteiger partial charge in [0, 0.05) is 22.9 Å². The zero-order chi connectivity index (χ0) is 14.7. The molecule has 4 nitrogen and oxygen atoms in total. The Morgan fingerprint density at radius 1 is 1.19 bits per heavy atom. The van der Waals surface area contributed by atoms with Crippen LogP contribution in [0.15, 0.2) is 47.8 Å². The molecular formula is C16H15N3OS. The molecule has 0 fully saturated rings. The monoisotopic (exact) mass is 297 g/mol. The summed E-state index contributed by atoms with van der Waals surface area (Å²) in [5.74, 6) is -0.189. The maximum Gasteiger partial charge on any atom is 0.275 e. The quantitative estimate of drug-likeness (QED) is 0.777. The Morgan fingerprint density at radius 2 is 2.00 bits per heavy atom. The van der Waals surface area contributed by atoms with Crippen LogP contribution in [-0.4, -0.2) is 17.4 Å². The van der Waals surface area contributed by atoms with Crippen LogP contribution in [0.4, 0.5) is 5.69 Å². The molecule has 5 heteroatoms. The molecule has 1 amide bonds. The first kappa shape index (κ1) is 13.7. The highest BCUT2D eigenvalue weighted by atomic mass is 32.1. The molecule has 0 bridgehead atoms. The van der Waals surface area contributed by atoms with Gasteiger partial charge in [-0.3, -0.25) is 4.79 Å². The average Bonchev–Trinajstić information content (AvgIpc) is 2.97. The summed E-state index contributed by atoms with van der Waals surface area (Å²) >= 11 is 1.46. The van der Waals surface area contributed by atoms with Gasteiger partial charge in [-0.2, -0.15) is 0 Å². The first-order valence-corrected chi connectivity index (χ1v) is 7.59. The highest BCUT2D eigenvalue weighted by Gasteiger charge is 2.12. The number of anilines is 1. The number of thiazole rings is 1. The molecule has 0 saturated carbocycles. The lowest BCUT2D eigenvalue weighted by molar-refractivity contribution is 0.102. The van der Waals surface area contributed by atoms with E-state index in [9.17, 15) is 4.79 Å². The number of fused-ring (bicyclic) bond motifs is 1. The number of carbonyl (C=O) groups is 1. The molecule has 3 rings (SSSR count). The van der Waals surface area contributed by atoms with E-state index in [4.69, 9.17) is 5.73 Å². The molecular weight excluding hydrogens is 282 g/mol. The van der Waals surface area contributed by atoms with Crippen molar-refractivity contribution in [1.82, 2.24) is 4.98 Å². The fourth-order valence-corrected chi connectivity index (χ4v) is 2.97. The Kier molecular flexibility index (Phi) is 3.94. The maximum absolute atomic E-state index is 12.3. The van der Waals surface area contributed by atoms with Gasteiger partial charge < -0.3 is 11.1 Å². The molecule has 0 atom stereocenters. The molecule has 0 aliphatic heterocycles. The highest BCUT2D eigenvalue weighted by Crippen LogP contribution is 2.23. The maximum atomic E-state index is 12.3. The van der Waals surface area contributed by atoms with Crippen molar-refractivity contribution >= 4 is 33.7 Å². The van der Waals surface area contributed by atoms with Crippen molar-refractivity contribution < 1.29 is 4.79 Å². The number of amides is 1. The number of nitrogens with zero attached hydrogens (tertiary/aromatic N) is 1. The van der Waals surface area contributed by atoms with Crippen LogP contribution in [0.25, 0.3) is 10.8 Å². The van der Waals surface area contributed by atoms with Gasteiger partial charge in [0.25, 0.3) is 5.91 Å². The molecule has 0 saturated heterocycles. The van der Waals surface area contributed by atoms with Gasteiger partial charge in [-0.25, -0.2) is 4.98 Å². The molecule has 0 aliphatic rings. The Labute approximate surface area is 126 Å². The van der Waals surface area contributed by atoms with Crippen LogP contribution in [0, 0.1) is 0 Å². The Hall–Kier alpha value is -2.24. The third-order valence-electron chi connectivity index (χ3n) is 3.18. The second-order valence-electron chi connectivity index (χ2n) is 4.65. The van der Waals surface area contributed by atoms with Gasteiger partial charge in [0.2, 0.25) is 0 Å². The summed E-state index contributed by atoms with van der Waals surface area (Å²) in [6.45, 7) is 0.540. The highest BCUT2D eigenvalue weighted by molar-refractivity contribution is 7.09. The molecule has 1 heterocycles. The van der Waals surface area contributed by atoms with E-state index >= 15 is 0 Å². The number of hydrogen-bond donors (Lipinski definition) is 2. The van der Waals surface area contributed by atoms with Crippen molar-refractivity contribution in [2.75, 3.05) is 11.9 Å². The molecule has 0 radical (unpaired) electrons. The van der Waals surface area contributed by atoms with Crippen LogP contribution in [0.1, 0.15) is 15.5 Å². The van der Waals surface area contributed by atoms with Crippen molar-refractivity contribution in [2.24, 2.45) is 5.73 Å². The zero-order valence-corrected chi connectivity index (χ0v) is 12.2. The molecule has 3 aromatic rings. The minimum atomic E-state index is -0.189. The summed E-state index contributed by atoms with van der Waals surface area (Å²) in [5.41, 5.74) is 6.74. The van der Waals surface area contributed by atoms with E-state index in [1.54, 1.807) is 5.38 Å². The number of nitrogens with one attached hydrogen (secondary N) is 1. The summed E-state index contributed by atoms with van der Waals surface area (Å²) in [7, 11) is 0. The van der Waals surface area contributed by atoms with Gasteiger partial charge >= 0.3 is 0 Å². The normalized spacial score (nSPS) is 10.7. The number of rotatable bonds is 4. The van der Waals surface area contributed by atoms with Crippen LogP contribution in [0.2, 0.25) is 0 Å². The van der Waals surface area contributed by atoms with Crippen molar-refractivity contribution in [2.45, 2.75) is 6.42 Å². The Balaban J connectivity index is 1.85. The van der Waals surface area contributed by atoms with Crippen LogP contribution in [-0.2, 0) is 6.42 Å². The largest absolute Gasteiger partial charge is 0.330 e. The minimum absolute atomic E-state index is 0.189. The SMILES string of the molecule is NCCc1nc(C(=O)Nc2cccc3ccccc23)cs1. The lowest BCUT2D eigenvalue weighted by Gasteiger charge is -2.07. The summed E-state index contributed by atoms with van der Waals surface area (Å²) in [6.07, 6.45) is 0.701. The van der Waals surface area contributed by atoms with Gasteiger partial charge in [0.15, 0.2) is 0 Å². The first-order chi connectivity index (χ1) is 10.3. The number of benzene rings is 2. The van der Waals surface area contributed by atoms with Crippen molar-refractivity contribution in [3.05, 3.63) is 58.5 Å².